The highest BCUT2D eigenvalue weighted by Gasteiger charge is 3.34. The van der Waals surface area contributed by atoms with E-state index in [1.54, 1.807) is 0 Å². The van der Waals surface area contributed by atoms with Crippen LogP contribution in [0.4, 0.5) is 0 Å². The van der Waals surface area contributed by atoms with Crippen molar-refractivity contribution in [3.05, 3.63) is 80.9 Å². The Morgan fingerprint density at radius 2 is 0.400 bits per heavy atom. The molecule has 0 aromatic heterocycles. The highest BCUT2D eigenvalue weighted by Crippen LogP contribution is 2.89. The van der Waals surface area contributed by atoms with Gasteiger partial charge >= 0.3 is 22.7 Å². The summed E-state index contributed by atoms with van der Waals surface area (Å²) in [5, 5.41) is 82.3. The van der Waals surface area contributed by atoms with E-state index < -0.39 is 128 Å². The summed E-state index contributed by atoms with van der Waals surface area (Å²) in [6.45, 7) is 0. The van der Waals surface area contributed by atoms with Gasteiger partial charge in [0.1, 0.15) is 0 Å². The van der Waals surface area contributed by atoms with Gasteiger partial charge in [0, 0.05) is 0 Å². The van der Waals surface area contributed by atoms with Crippen molar-refractivity contribution in [2.45, 2.75) is 47.3 Å². The van der Waals surface area contributed by atoms with Gasteiger partial charge in [-0.05, 0) is 0 Å². The summed E-state index contributed by atoms with van der Waals surface area (Å²) in [4.78, 5) is 99.7. The molecule has 0 radical (unpaired) electrons. The number of hydrazine groups is 8. The predicted molar refractivity (Wildman–Crippen MR) is 96.7 cm³/mol. The third-order valence-corrected chi connectivity index (χ3v) is 8.54. The van der Waals surface area contributed by atoms with E-state index in [0.29, 0.717) is 0 Å². The lowest BCUT2D eigenvalue weighted by Crippen LogP contribution is -3.07. The van der Waals surface area contributed by atoms with E-state index in [1.165, 1.54) is 0 Å². The van der Waals surface area contributed by atoms with Crippen molar-refractivity contribution in [3.63, 3.8) is 0 Å². The number of piperazine rings is 4. The number of hydrogen-bond acceptors (Lipinski definition) is 16. The van der Waals surface area contributed by atoms with Crippen molar-refractivity contribution in [3.8, 4) is 0 Å². The molecule has 4 spiro atoms. The van der Waals surface area contributed by atoms with E-state index >= 15 is 0 Å². The molecule has 0 amide bonds. The average Bonchev–Trinajstić information content (AvgIpc) is 3.14. The van der Waals surface area contributed by atoms with Crippen LogP contribution in [0, 0.1) is 80.9 Å². The SMILES string of the molecule is O=[N+]([O-])N1C2C3N([N+](=O)[O-])C45N([N+](=O)[O-])C6C7N([N+](=O)[O-])C14C(N2[N+](=O)[O-])(N7[N+](=O)[O-])C5(N3[N+](=O)[O-])N6[N+](=O)[O-]. The number of nitro groups is 8. The monoisotopic (exact) mass is 580 g/mol. The molecule has 1 saturated carbocycles. The maximum Gasteiger partial charge on any atom is 0.347 e. The van der Waals surface area contributed by atoms with Crippen LogP contribution in [-0.4, -0.2) is 128 Å². The van der Waals surface area contributed by atoms with Crippen molar-refractivity contribution >= 4 is 0 Å². The fourth-order valence-electron chi connectivity index (χ4n) is 8.56. The lowest BCUT2D eigenvalue weighted by Gasteiger charge is -2.61. The molecule has 8 heterocycles. The van der Waals surface area contributed by atoms with Gasteiger partial charge in [0.2, 0.25) is 0 Å². The molecule has 32 heteroatoms. The Bertz CT molecular complexity index is 1160. The van der Waals surface area contributed by atoms with Crippen LogP contribution in [0.3, 0.4) is 0 Å². The molecule has 9 aliphatic rings. The molecule has 8 bridgehead atoms. The van der Waals surface area contributed by atoms with Crippen LogP contribution in [0.15, 0.2) is 0 Å². The third kappa shape index (κ3) is 1.32. The molecule has 212 valence electrons. The first kappa shape index (κ1) is 22.8. The molecule has 9 fully saturated rings. The summed E-state index contributed by atoms with van der Waals surface area (Å²) in [6.07, 6.45) is -12.0. The Balaban J connectivity index is 1.81. The molecule has 8 aliphatic heterocycles. The summed E-state index contributed by atoms with van der Waals surface area (Å²) in [5.41, 5.74) is -15.6. The molecule has 0 N–H and O–H groups in total. The van der Waals surface area contributed by atoms with Gasteiger partial charge in [-0.15, -0.1) is 0 Å². The predicted octanol–water partition coefficient (Wildman–Crippen LogP) is -5.88. The van der Waals surface area contributed by atoms with Gasteiger partial charge in [-0.1, -0.05) is 40.1 Å². The van der Waals surface area contributed by atoms with Crippen LogP contribution in [0.5, 0.6) is 0 Å². The second kappa shape index (κ2) is 5.41. The molecule has 0 aromatic rings. The van der Waals surface area contributed by atoms with Crippen LogP contribution in [-0.2, 0) is 0 Å². The lowest BCUT2D eigenvalue weighted by molar-refractivity contribution is -0.840. The minimum atomic E-state index is -3.91. The van der Waals surface area contributed by atoms with E-state index in [0.717, 1.165) is 0 Å². The van der Waals surface area contributed by atoms with Crippen LogP contribution in [0.1, 0.15) is 0 Å². The van der Waals surface area contributed by atoms with Gasteiger partial charge < -0.3 is 0 Å². The fraction of sp³-hybridized carbons (Fsp3) is 1.00. The summed E-state index contributed by atoms with van der Waals surface area (Å²) in [7, 11) is 0. The maximum absolute atomic E-state index is 12.5. The lowest BCUT2D eigenvalue weighted by atomic mass is 9.54. The first-order valence-corrected chi connectivity index (χ1v) is 10.0. The van der Waals surface area contributed by atoms with E-state index in [4.69, 9.17) is 0 Å². The zero-order valence-corrected chi connectivity index (χ0v) is 18.0. The minimum Gasteiger partial charge on any atom is -0.235 e. The Kier molecular flexibility index (Phi) is 3.08. The molecule has 8 saturated heterocycles. The minimum absolute atomic E-state index is 0.516. The van der Waals surface area contributed by atoms with Crippen LogP contribution in [0.25, 0.3) is 0 Å². The molecule has 9 rings (SSSR count). The zero-order chi connectivity index (χ0) is 29.5. The Labute approximate surface area is 209 Å². The quantitative estimate of drug-likeness (QED) is 0.190. The van der Waals surface area contributed by atoms with Crippen molar-refractivity contribution in [2.75, 3.05) is 0 Å². The van der Waals surface area contributed by atoms with Gasteiger partial charge in [-0.2, -0.15) is 0 Å². The molecular weight excluding hydrogens is 576 g/mol. The molecule has 0 atom stereocenters. The molecule has 0 unspecified atom stereocenters. The molecular formula is C8H4N16O16. The first-order valence-electron chi connectivity index (χ1n) is 10.0. The zero-order valence-electron chi connectivity index (χ0n) is 18.0. The fourth-order valence-corrected chi connectivity index (χ4v) is 8.56. The van der Waals surface area contributed by atoms with Crippen LogP contribution >= 0.6 is 0 Å². The normalized spacial score (nSPS) is 41.6. The molecule has 40 heavy (non-hydrogen) atoms. The summed E-state index contributed by atoms with van der Waals surface area (Å²) >= 11 is 0. The number of rotatable bonds is 8. The van der Waals surface area contributed by atoms with Crippen molar-refractivity contribution in [1.29, 1.82) is 0 Å². The standard InChI is InChI=1S/C8H4N16O16/c25-17(26)9-1-2-11(19(29)30)7-5(9)6(10(1)18(27)28)8(7,12(2)20(31)32)16(24(39)40)4(15(7)23(37)38)3(13(5)21(33)34)14(6)22(35)36/h1-4H. The number of hydrogen-bond donors (Lipinski definition) is 0. The summed E-state index contributed by atoms with van der Waals surface area (Å²) in [6, 6.07) is 0. The van der Waals surface area contributed by atoms with Gasteiger partial charge in [-0.3, -0.25) is 0 Å². The second-order valence-electron chi connectivity index (χ2n) is 9.00. The molecule has 32 nitrogen and oxygen atoms in total. The Morgan fingerprint density at radius 1 is 0.300 bits per heavy atom. The van der Waals surface area contributed by atoms with Crippen molar-refractivity contribution in [2.24, 2.45) is 0 Å². The maximum atomic E-state index is 12.5. The van der Waals surface area contributed by atoms with E-state index in [1.807, 2.05) is 0 Å². The van der Waals surface area contributed by atoms with Gasteiger partial charge in [0.15, 0.2) is 40.3 Å². The smallest absolute Gasteiger partial charge is 0.235 e. The van der Waals surface area contributed by atoms with Crippen LogP contribution < -0.4 is 0 Å². The molecule has 1 aliphatic carbocycles. The van der Waals surface area contributed by atoms with E-state index in [-0.39, 0.29) is 0 Å². The van der Waals surface area contributed by atoms with E-state index in [2.05, 4.69) is 0 Å². The highest BCUT2D eigenvalue weighted by atomic mass is 16.8. The Hall–Kier alpha value is -6.40. The summed E-state index contributed by atoms with van der Waals surface area (Å²) < 4.78 is 0. The second-order valence-corrected chi connectivity index (χ2v) is 9.00. The van der Waals surface area contributed by atoms with Gasteiger partial charge in [0.05, 0.1) is 0 Å². The summed E-state index contributed by atoms with van der Waals surface area (Å²) in [5.74, 6) is 0. The van der Waals surface area contributed by atoms with Crippen molar-refractivity contribution in [1.82, 2.24) is 40.1 Å². The van der Waals surface area contributed by atoms with Gasteiger partial charge in [0.25, 0.3) is 24.7 Å². The molecule has 0 aromatic carbocycles. The largest absolute Gasteiger partial charge is 0.347 e. The topological polar surface area (TPSA) is 371 Å². The Morgan fingerprint density at radius 3 is 0.475 bits per heavy atom. The third-order valence-electron chi connectivity index (χ3n) is 8.54. The van der Waals surface area contributed by atoms with E-state index in [9.17, 15) is 80.9 Å². The first-order chi connectivity index (χ1) is 18.5. The highest BCUT2D eigenvalue weighted by molar-refractivity contribution is 5.57. The van der Waals surface area contributed by atoms with Crippen molar-refractivity contribution < 1.29 is 40.3 Å². The number of nitrogens with zero attached hydrogens (tertiary/aromatic N) is 16. The average molecular weight is 580 g/mol. The van der Waals surface area contributed by atoms with Gasteiger partial charge in [-0.25, -0.2) is 80.9 Å². The van der Waals surface area contributed by atoms with Crippen LogP contribution in [0.2, 0.25) is 0 Å².